The van der Waals surface area contributed by atoms with Crippen LogP contribution in [0.3, 0.4) is 0 Å². The summed E-state index contributed by atoms with van der Waals surface area (Å²) in [6.45, 7) is 0. The number of halogens is 2. The summed E-state index contributed by atoms with van der Waals surface area (Å²) in [5.74, 6) is 0.490. The van der Waals surface area contributed by atoms with Crippen molar-refractivity contribution >= 4 is 29.0 Å². The molecule has 0 aliphatic rings. The average Bonchev–Trinajstić information content (AvgIpc) is 2.27. The zero-order chi connectivity index (χ0) is 13.1. The molecule has 1 unspecified atom stereocenters. The molecule has 0 fully saturated rings. The van der Waals surface area contributed by atoms with Crippen LogP contribution in [0.5, 0.6) is 0 Å². The third-order valence-corrected chi connectivity index (χ3v) is 3.05. The standard InChI is InChI=1S/C13H13Cl2N3/c14-10-5-9(6-11(15)7-10)12(16)3-8-1-2-18-13(17)4-8/h1-2,4-7,12H,3,16H2,(H2,17,18). The van der Waals surface area contributed by atoms with Crippen LogP contribution < -0.4 is 11.5 Å². The Kier molecular flexibility index (Phi) is 4.07. The Morgan fingerprint density at radius 1 is 1.11 bits per heavy atom. The summed E-state index contributed by atoms with van der Waals surface area (Å²) in [7, 11) is 0. The lowest BCUT2D eigenvalue weighted by Crippen LogP contribution is -2.13. The second-order valence-corrected chi connectivity index (χ2v) is 4.98. The van der Waals surface area contributed by atoms with Gasteiger partial charge in [0.2, 0.25) is 0 Å². The van der Waals surface area contributed by atoms with Crippen molar-refractivity contribution in [2.75, 3.05) is 5.73 Å². The van der Waals surface area contributed by atoms with Crippen molar-refractivity contribution in [3.8, 4) is 0 Å². The number of aromatic nitrogens is 1. The molecule has 1 heterocycles. The van der Waals surface area contributed by atoms with Gasteiger partial charge in [0.05, 0.1) is 0 Å². The first kappa shape index (κ1) is 13.1. The monoisotopic (exact) mass is 281 g/mol. The summed E-state index contributed by atoms with van der Waals surface area (Å²) in [6, 6.07) is 8.85. The van der Waals surface area contributed by atoms with E-state index in [2.05, 4.69) is 4.98 Å². The molecule has 3 nitrogen and oxygen atoms in total. The normalized spacial score (nSPS) is 12.4. The summed E-state index contributed by atoms with van der Waals surface area (Å²) in [5, 5.41) is 1.17. The van der Waals surface area contributed by atoms with Gasteiger partial charge < -0.3 is 11.5 Å². The van der Waals surface area contributed by atoms with Crippen LogP contribution in [0.1, 0.15) is 17.2 Å². The predicted octanol–water partition coefficient (Wildman–Crippen LogP) is 3.21. The van der Waals surface area contributed by atoms with E-state index in [9.17, 15) is 0 Å². The molecule has 2 rings (SSSR count). The van der Waals surface area contributed by atoms with E-state index in [1.165, 1.54) is 0 Å². The van der Waals surface area contributed by atoms with E-state index in [0.717, 1.165) is 11.1 Å². The maximum atomic E-state index is 6.14. The molecule has 1 aromatic heterocycles. The molecule has 2 aromatic rings. The predicted molar refractivity (Wildman–Crippen MR) is 75.7 cm³/mol. The number of hydrogen-bond acceptors (Lipinski definition) is 3. The zero-order valence-corrected chi connectivity index (χ0v) is 11.1. The average molecular weight is 282 g/mol. The van der Waals surface area contributed by atoms with Crippen molar-refractivity contribution in [2.45, 2.75) is 12.5 Å². The Hall–Kier alpha value is -1.29. The van der Waals surface area contributed by atoms with E-state index in [4.69, 9.17) is 34.7 Å². The second-order valence-electron chi connectivity index (χ2n) is 4.10. The molecule has 0 radical (unpaired) electrons. The number of nitrogens with zero attached hydrogens (tertiary/aromatic N) is 1. The van der Waals surface area contributed by atoms with Crippen molar-refractivity contribution in [3.05, 3.63) is 57.7 Å². The molecular formula is C13H13Cl2N3. The Morgan fingerprint density at radius 2 is 1.78 bits per heavy atom. The van der Waals surface area contributed by atoms with Gasteiger partial charge in [-0.15, -0.1) is 0 Å². The second kappa shape index (κ2) is 5.57. The van der Waals surface area contributed by atoms with Crippen LogP contribution >= 0.6 is 23.2 Å². The van der Waals surface area contributed by atoms with E-state index in [0.29, 0.717) is 22.3 Å². The van der Waals surface area contributed by atoms with Gasteiger partial charge in [-0.1, -0.05) is 23.2 Å². The highest BCUT2D eigenvalue weighted by atomic mass is 35.5. The van der Waals surface area contributed by atoms with Gasteiger partial charge in [-0.05, 0) is 47.9 Å². The van der Waals surface area contributed by atoms with Gasteiger partial charge in [0.25, 0.3) is 0 Å². The lowest BCUT2D eigenvalue weighted by Gasteiger charge is -2.13. The molecular weight excluding hydrogens is 269 g/mol. The van der Waals surface area contributed by atoms with Crippen LogP contribution in [-0.2, 0) is 6.42 Å². The number of pyridine rings is 1. The minimum atomic E-state index is -0.178. The van der Waals surface area contributed by atoms with E-state index < -0.39 is 0 Å². The molecule has 0 aliphatic carbocycles. The summed E-state index contributed by atoms with van der Waals surface area (Å²) in [6.07, 6.45) is 2.33. The van der Waals surface area contributed by atoms with Crippen molar-refractivity contribution in [3.63, 3.8) is 0 Å². The van der Waals surface area contributed by atoms with Crippen LogP contribution in [0.4, 0.5) is 5.82 Å². The highest BCUT2D eigenvalue weighted by Gasteiger charge is 2.09. The molecule has 4 N–H and O–H groups in total. The van der Waals surface area contributed by atoms with Crippen LogP contribution in [0, 0.1) is 0 Å². The molecule has 0 saturated carbocycles. The first-order chi connectivity index (χ1) is 8.54. The molecule has 18 heavy (non-hydrogen) atoms. The minimum absolute atomic E-state index is 0.178. The summed E-state index contributed by atoms with van der Waals surface area (Å²) in [5.41, 5.74) is 13.7. The van der Waals surface area contributed by atoms with E-state index in [-0.39, 0.29) is 6.04 Å². The Morgan fingerprint density at radius 3 is 2.39 bits per heavy atom. The van der Waals surface area contributed by atoms with Gasteiger partial charge in [-0.2, -0.15) is 0 Å². The van der Waals surface area contributed by atoms with Crippen LogP contribution in [-0.4, -0.2) is 4.98 Å². The highest BCUT2D eigenvalue weighted by Crippen LogP contribution is 2.24. The van der Waals surface area contributed by atoms with Gasteiger partial charge >= 0.3 is 0 Å². The molecule has 0 spiro atoms. The maximum absolute atomic E-state index is 6.14. The number of hydrogen-bond donors (Lipinski definition) is 2. The van der Waals surface area contributed by atoms with Gasteiger partial charge in [0, 0.05) is 22.3 Å². The third-order valence-electron chi connectivity index (χ3n) is 2.61. The molecule has 0 aliphatic heterocycles. The van der Waals surface area contributed by atoms with Crippen molar-refractivity contribution in [2.24, 2.45) is 5.73 Å². The number of nitrogen functional groups attached to an aromatic ring is 1. The molecule has 1 aromatic carbocycles. The summed E-state index contributed by atoms with van der Waals surface area (Å²) >= 11 is 11.9. The molecule has 0 amide bonds. The molecule has 1 atom stereocenters. The molecule has 0 bridgehead atoms. The maximum Gasteiger partial charge on any atom is 0.123 e. The number of nitrogens with two attached hydrogens (primary N) is 2. The first-order valence-electron chi connectivity index (χ1n) is 5.46. The number of benzene rings is 1. The molecule has 0 saturated heterocycles. The smallest absolute Gasteiger partial charge is 0.123 e. The van der Waals surface area contributed by atoms with Gasteiger partial charge in [0.1, 0.15) is 5.82 Å². The zero-order valence-electron chi connectivity index (χ0n) is 9.61. The first-order valence-corrected chi connectivity index (χ1v) is 6.22. The topological polar surface area (TPSA) is 64.9 Å². The Balaban J connectivity index is 2.19. The quantitative estimate of drug-likeness (QED) is 0.908. The lowest BCUT2D eigenvalue weighted by molar-refractivity contribution is 0.721. The minimum Gasteiger partial charge on any atom is -0.384 e. The molecule has 94 valence electrons. The molecule has 5 heteroatoms. The Bertz CT molecular complexity index is 537. The van der Waals surface area contributed by atoms with Crippen LogP contribution in [0.15, 0.2) is 36.5 Å². The fourth-order valence-corrected chi connectivity index (χ4v) is 2.33. The van der Waals surface area contributed by atoms with Gasteiger partial charge in [-0.25, -0.2) is 4.98 Å². The van der Waals surface area contributed by atoms with E-state index >= 15 is 0 Å². The third kappa shape index (κ3) is 3.35. The van der Waals surface area contributed by atoms with Crippen LogP contribution in [0.2, 0.25) is 10.0 Å². The van der Waals surface area contributed by atoms with E-state index in [1.807, 2.05) is 24.3 Å². The largest absolute Gasteiger partial charge is 0.384 e. The Labute approximate surface area is 116 Å². The van der Waals surface area contributed by atoms with Crippen molar-refractivity contribution < 1.29 is 0 Å². The SMILES string of the molecule is Nc1cc(CC(N)c2cc(Cl)cc(Cl)c2)ccn1. The fourth-order valence-electron chi connectivity index (χ4n) is 1.78. The number of anilines is 1. The van der Waals surface area contributed by atoms with Crippen molar-refractivity contribution in [1.82, 2.24) is 4.98 Å². The lowest BCUT2D eigenvalue weighted by atomic mass is 10.0. The van der Waals surface area contributed by atoms with E-state index in [1.54, 1.807) is 12.3 Å². The van der Waals surface area contributed by atoms with Crippen molar-refractivity contribution in [1.29, 1.82) is 0 Å². The number of rotatable bonds is 3. The van der Waals surface area contributed by atoms with Gasteiger partial charge in [0.15, 0.2) is 0 Å². The highest BCUT2D eigenvalue weighted by molar-refractivity contribution is 6.34. The van der Waals surface area contributed by atoms with Gasteiger partial charge in [-0.3, -0.25) is 0 Å². The summed E-state index contributed by atoms with van der Waals surface area (Å²) in [4.78, 5) is 3.94. The fraction of sp³-hybridized carbons (Fsp3) is 0.154. The summed E-state index contributed by atoms with van der Waals surface area (Å²) < 4.78 is 0. The van der Waals surface area contributed by atoms with Crippen LogP contribution in [0.25, 0.3) is 0 Å².